The van der Waals surface area contributed by atoms with Crippen LogP contribution in [0.2, 0.25) is 5.02 Å². The number of rotatable bonds is 1. The standard InChI is InChI=1S/C7H2Cl2FNO2S/c8-5-2-6(10)4(3-11)1-7(5)14(9,12)13/h1-2H. The zero-order valence-corrected chi connectivity index (χ0v) is 8.79. The SMILES string of the molecule is N#Cc1cc(S(=O)(=O)Cl)c(Cl)cc1F. The van der Waals surface area contributed by atoms with Crippen LogP contribution in [0, 0.1) is 17.1 Å². The summed E-state index contributed by atoms with van der Waals surface area (Å²) in [5, 5.41) is 8.08. The third-order valence-corrected chi connectivity index (χ3v) is 3.19. The predicted octanol–water partition coefficient (Wildman–Crippen LogP) is 2.28. The van der Waals surface area contributed by atoms with Gasteiger partial charge < -0.3 is 0 Å². The van der Waals surface area contributed by atoms with Crippen LogP contribution in [0.4, 0.5) is 4.39 Å². The van der Waals surface area contributed by atoms with Gasteiger partial charge in [-0.05, 0) is 12.1 Å². The second-order valence-corrected chi connectivity index (χ2v) is 5.25. The Hall–Kier alpha value is -0.830. The van der Waals surface area contributed by atoms with Gasteiger partial charge in [0.05, 0.1) is 10.6 Å². The van der Waals surface area contributed by atoms with Gasteiger partial charge in [-0.2, -0.15) is 5.26 Å². The molecule has 1 aromatic carbocycles. The highest BCUT2D eigenvalue weighted by Gasteiger charge is 2.18. The van der Waals surface area contributed by atoms with Crippen LogP contribution in [-0.4, -0.2) is 8.42 Å². The Kier molecular flexibility index (Phi) is 3.00. The molecule has 0 aliphatic carbocycles. The van der Waals surface area contributed by atoms with Crippen molar-refractivity contribution in [1.82, 2.24) is 0 Å². The van der Waals surface area contributed by atoms with Crippen LogP contribution < -0.4 is 0 Å². The van der Waals surface area contributed by atoms with Gasteiger partial charge in [-0.1, -0.05) is 11.6 Å². The molecule has 0 radical (unpaired) electrons. The molecule has 0 unspecified atom stereocenters. The van der Waals surface area contributed by atoms with Crippen molar-refractivity contribution in [3.8, 4) is 6.07 Å². The molecule has 14 heavy (non-hydrogen) atoms. The average molecular weight is 254 g/mol. The largest absolute Gasteiger partial charge is 0.262 e. The summed E-state index contributed by atoms with van der Waals surface area (Å²) in [6, 6.07) is 3.00. The Labute approximate surface area is 89.1 Å². The van der Waals surface area contributed by atoms with Crippen LogP contribution in [-0.2, 0) is 9.05 Å². The number of halogens is 3. The van der Waals surface area contributed by atoms with Gasteiger partial charge in [-0.3, -0.25) is 0 Å². The summed E-state index contributed by atoms with van der Waals surface area (Å²) in [6.07, 6.45) is 0. The lowest BCUT2D eigenvalue weighted by atomic mass is 10.2. The maximum atomic E-state index is 12.9. The van der Waals surface area contributed by atoms with E-state index in [2.05, 4.69) is 0 Å². The fourth-order valence-corrected chi connectivity index (χ4v) is 2.31. The molecule has 0 fully saturated rings. The van der Waals surface area contributed by atoms with Crippen LogP contribution in [0.25, 0.3) is 0 Å². The summed E-state index contributed by atoms with van der Waals surface area (Å²) in [7, 11) is 0.941. The molecule has 0 heterocycles. The highest BCUT2D eigenvalue weighted by atomic mass is 35.7. The molecule has 7 heteroatoms. The van der Waals surface area contributed by atoms with E-state index in [1.54, 1.807) is 0 Å². The van der Waals surface area contributed by atoms with Gasteiger partial charge in [-0.25, -0.2) is 12.8 Å². The van der Waals surface area contributed by atoms with Gasteiger partial charge in [-0.15, -0.1) is 0 Å². The van der Waals surface area contributed by atoms with Gasteiger partial charge in [0, 0.05) is 10.7 Å². The minimum absolute atomic E-state index is 0.350. The van der Waals surface area contributed by atoms with Crippen molar-refractivity contribution >= 4 is 31.3 Å². The normalized spacial score (nSPS) is 11.0. The lowest BCUT2D eigenvalue weighted by Gasteiger charge is -2.00. The highest BCUT2D eigenvalue weighted by Crippen LogP contribution is 2.27. The lowest BCUT2D eigenvalue weighted by molar-refractivity contribution is 0.607. The minimum atomic E-state index is -4.06. The first kappa shape index (κ1) is 11.2. The van der Waals surface area contributed by atoms with Crippen molar-refractivity contribution in [3.63, 3.8) is 0 Å². The summed E-state index contributed by atoms with van der Waals surface area (Å²) in [6.45, 7) is 0. The van der Waals surface area contributed by atoms with E-state index in [4.69, 9.17) is 27.5 Å². The number of benzene rings is 1. The second-order valence-electron chi connectivity index (χ2n) is 2.31. The summed E-state index contributed by atoms with van der Waals surface area (Å²) in [4.78, 5) is -0.473. The van der Waals surface area contributed by atoms with Crippen molar-refractivity contribution < 1.29 is 12.8 Å². The third-order valence-electron chi connectivity index (χ3n) is 1.40. The number of nitriles is 1. The Bertz CT molecular complexity index is 521. The van der Waals surface area contributed by atoms with E-state index in [9.17, 15) is 12.8 Å². The molecule has 0 aromatic heterocycles. The molecule has 0 saturated heterocycles. The summed E-state index contributed by atoms with van der Waals surface area (Å²) >= 11 is 5.43. The molecule has 0 spiro atoms. The van der Waals surface area contributed by atoms with E-state index in [-0.39, 0.29) is 5.02 Å². The molecule has 0 bridgehead atoms. The molecule has 74 valence electrons. The van der Waals surface area contributed by atoms with Crippen LogP contribution in [0.3, 0.4) is 0 Å². The smallest absolute Gasteiger partial charge is 0.207 e. The fourth-order valence-electron chi connectivity index (χ4n) is 0.802. The molecular formula is C7H2Cl2FNO2S. The second kappa shape index (κ2) is 3.73. The molecule has 0 aliphatic heterocycles. The van der Waals surface area contributed by atoms with Crippen LogP contribution in [0.1, 0.15) is 5.56 Å². The molecule has 1 aromatic rings. The van der Waals surface area contributed by atoms with E-state index in [0.717, 1.165) is 12.1 Å². The Morgan fingerprint density at radius 1 is 1.43 bits per heavy atom. The molecule has 1 rings (SSSR count). The zero-order chi connectivity index (χ0) is 10.9. The summed E-state index contributed by atoms with van der Waals surface area (Å²) in [5.74, 6) is -0.887. The quantitative estimate of drug-likeness (QED) is 0.722. The highest BCUT2D eigenvalue weighted by molar-refractivity contribution is 8.13. The first-order valence-corrected chi connectivity index (χ1v) is 5.89. The summed E-state index contributed by atoms with van der Waals surface area (Å²) in [5.41, 5.74) is -0.423. The van der Waals surface area contributed by atoms with E-state index < -0.39 is 25.3 Å². The van der Waals surface area contributed by atoms with Gasteiger partial charge >= 0.3 is 0 Å². The molecule has 0 saturated carbocycles. The van der Waals surface area contributed by atoms with Crippen molar-refractivity contribution in [1.29, 1.82) is 5.26 Å². The van der Waals surface area contributed by atoms with E-state index in [1.165, 1.54) is 6.07 Å². The van der Waals surface area contributed by atoms with Crippen molar-refractivity contribution in [2.75, 3.05) is 0 Å². The van der Waals surface area contributed by atoms with Crippen LogP contribution in [0.15, 0.2) is 17.0 Å². The molecule has 3 nitrogen and oxygen atoms in total. The van der Waals surface area contributed by atoms with Crippen molar-refractivity contribution in [2.45, 2.75) is 4.90 Å². The van der Waals surface area contributed by atoms with Crippen LogP contribution in [0.5, 0.6) is 0 Å². The van der Waals surface area contributed by atoms with Crippen molar-refractivity contribution in [2.24, 2.45) is 0 Å². The third kappa shape index (κ3) is 2.15. The molecule has 0 N–H and O–H groups in total. The van der Waals surface area contributed by atoms with E-state index in [1.807, 2.05) is 0 Å². The topological polar surface area (TPSA) is 57.9 Å². The number of hydrogen-bond donors (Lipinski definition) is 0. The monoisotopic (exact) mass is 253 g/mol. The zero-order valence-electron chi connectivity index (χ0n) is 6.46. The molecular weight excluding hydrogens is 252 g/mol. The molecule has 0 aliphatic rings. The van der Waals surface area contributed by atoms with E-state index in [0.29, 0.717) is 0 Å². The first-order chi connectivity index (χ1) is 6.36. The number of hydrogen-bond acceptors (Lipinski definition) is 3. The summed E-state index contributed by atoms with van der Waals surface area (Å²) < 4.78 is 34.6. The van der Waals surface area contributed by atoms with Gasteiger partial charge in [0.2, 0.25) is 0 Å². The Morgan fingerprint density at radius 2 is 2.00 bits per heavy atom. The predicted molar refractivity (Wildman–Crippen MR) is 49.2 cm³/mol. The van der Waals surface area contributed by atoms with Crippen LogP contribution >= 0.6 is 22.3 Å². The maximum Gasteiger partial charge on any atom is 0.262 e. The maximum absolute atomic E-state index is 12.9. The molecule has 0 atom stereocenters. The van der Waals surface area contributed by atoms with E-state index >= 15 is 0 Å². The minimum Gasteiger partial charge on any atom is -0.207 e. The average Bonchev–Trinajstić information content (AvgIpc) is 2.02. The van der Waals surface area contributed by atoms with Crippen molar-refractivity contribution in [3.05, 3.63) is 28.5 Å². The Morgan fingerprint density at radius 3 is 2.43 bits per heavy atom. The fraction of sp³-hybridized carbons (Fsp3) is 0. The number of nitrogens with zero attached hydrogens (tertiary/aromatic N) is 1. The molecule has 0 amide bonds. The Balaban J connectivity index is 3.58. The van der Waals surface area contributed by atoms with Gasteiger partial charge in [0.1, 0.15) is 16.8 Å². The van der Waals surface area contributed by atoms with Gasteiger partial charge in [0.25, 0.3) is 9.05 Å². The first-order valence-electron chi connectivity index (χ1n) is 3.20. The lowest BCUT2D eigenvalue weighted by Crippen LogP contribution is -1.95. The van der Waals surface area contributed by atoms with Gasteiger partial charge in [0.15, 0.2) is 0 Å².